The molecule has 0 saturated heterocycles. The number of rotatable bonds is 7. The van der Waals surface area contributed by atoms with Crippen LogP contribution in [0.15, 0.2) is 30.3 Å². The smallest absolute Gasteiger partial charge is 0.304 e. The number of likely N-dealkylation sites (N-methyl/N-ethyl adjacent to an activating group) is 1. The molecule has 2 N–H and O–H groups in total. The number of carbonyl (C=O) groups excluding carboxylic acids is 1. The van der Waals surface area contributed by atoms with Gasteiger partial charge < -0.3 is 10.4 Å². The number of para-hydroxylation sites is 1. The van der Waals surface area contributed by atoms with Gasteiger partial charge in [-0.2, -0.15) is 0 Å². The summed E-state index contributed by atoms with van der Waals surface area (Å²) in [7, 11) is 0. The highest BCUT2D eigenvalue weighted by Gasteiger charge is 2.10. The molecule has 0 spiro atoms. The quantitative estimate of drug-likeness (QED) is 0.768. The summed E-state index contributed by atoms with van der Waals surface area (Å²) >= 11 is 0. The molecule has 0 aliphatic heterocycles. The zero-order valence-corrected chi connectivity index (χ0v) is 10.4. The summed E-state index contributed by atoms with van der Waals surface area (Å²) in [6.45, 7) is 3.14. The van der Waals surface area contributed by atoms with E-state index in [2.05, 4.69) is 5.32 Å². The van der Waals surface area contributed by atoms with Gasteiger partial charge in [0.25, 0.3) is 0 Å². The second-order valence-corrected chi connectivity index (χ2v) is 3.93. The van der Waals surface area contributed by atoms with Gasteiger partial charge in [0, 0.05) is 12.2 Å². The van der Waals surface area contributed by atoms with Crippen LogP contribution in [0, 0.1) is 0 Å². The average molecular weight is 250 g/mol. The van der Waals surface area contributed by atoms with Crippen molar-refractivity contribution >= 4 is 17.6 Å². The van der Waals surface area contributed by atoms with E-state index < -0.39 is 5.97 Å². The fraction of sp³-hybridized carbons (Fsp3) is 0.385. The minimum Gasteiger partial charge on any atom is -0.481 e. The number of hydrogen-bond donors (Lipinski definition) is 2. The molecule has 0 heterocycles. The Morgan fingerprint density at radius 2 is 1.94 bits per heavy atom. The first-order valence-electron chi connectivity index (χ1n) is 5.91. The Bertz CT molecular complexity index is 392. The number of amides is 1. The molecule has 0 unspecified atom stereocenters. The lowest BCUT2D eigenvalue weighted by molar-refractivity contribution is -0.137. The molecule has 0 radical (unpaired) electrons. The predicted octanol–water partition coefficient (Wildman–Crippen LogP) is 1.42. The van der Waals surface area contributed by atoms with E-state index in [1.54, 1.807) is 4.90 Å². The number of anilines is 1. The van der Waals surface area contributed by atoms with Crippen molar-refractivity contribution in [2.75, 3.05) is 25.0 Å². The number of hydrogen-bond acceptors (Lipinski definition) is 3. The van der Waals surface area contributed by atoms with Crippen LogP contribution >= 0.6 is 0 Å². The molecular formula is C13H18N2O3. The van der Waals surface area contributed by atoms with E-state index in [0.717, 1.165) is 5.69 Å². The minimum absolute atomic E-state index is 0.0481. The lowest BCUT2D eigenvalue weighted by atomic mass is 10.3. The van der Waals surface area contributed by atoms with Crippen molar-refractivity contribution in [2.24, 2.45) is 0 Å². The number of aliphatic carboxylic acids is 1. The largest absolute Gasteiger partial charge is 0.481 e. The number of nitrogens with one attached hydrogen (secondary N) is 1. The van der Waals surface area contributed by atoms with E-state index in [1.165, 1.54) is 0 Å². The molecule has 0 bridgehead atoms. The average Bonchev–Trinajstić information content (AvgIpc) is 2.35. The number of benzene rings is 1. The van der Waals surface area contributed by atoms with E-state index in [0.29, 0.717) is 13.1 Å². The van der Waals surface area contributed by atoms with E-state index in [-0.39, 0.29) is 18.9 Å². The Balaban J connectivity index is 2.40. The second-order valence-electron chi connectivity index (χ2n) is 3.93. The lowest BCUT2D eigenvalue weighted by Crippen LogP contribution is -2.34. The predicted molar refractivity (Wildman–Crippen MR) is 69.4 cm³/mol. The molecule has 1 amide bonds. The summed E-state index contributed by atoms with van der Waals surface area (Å²) in [5.41, 5.74) is 0.747. The Labute approximate surface area is 106 Å². The summed E-state index contributed by atoms with van der Waals surface area (Å²) in [4.78, 5) is 24.0. The Hall–Kier alpha value is -1.88. The van der Waals surface area contributed by atoms with Gasteiger partial charge in [-0.3, -0.25) is 14.5 Å². The van der Waals surface area contributed by atoms with Crippen molar-refractivity contribution in [1.29, 1.82) is 0 Å². The molecule has 5 heteroatoms. The van der Waals surface area contributed by atoms with Gasteiger partial charge in [0.2, 0.25) is 5.91 Å². The van der Waals surface area contributed by atoms with Crippen LogP contribution in [0.3, 0.4) is 0 Å². The Morgan fingerprint density at radius 3 is 2.50 bits per heavy atom. The first kappa shape index (κ1) is 14.2. The molecule has 5 nitrogen and oxygen atoms in total. The van der Waals surface area contributed by atoms with Gasteiger partial charge in [-0.05, 0) is 18.7 Å². The fourth-order valence-electron chi connectivity index (χ4n) is 1.53. The van der Waals surface area contributed by atoms with Gasteiger partial charge >= 0.3 is 5.97 Å². The van der Waals surface area contributed by atoms with E-state index in [4.69, 9.17) is 5.11 Å². The maximum atomic E-state index is 11.7. The molecule has 18 heavy (non-hydrogen) atoms. The zero-order chi connectivity index (χ0) is 13.4. The van der Waals surface area contributed by atoms with E-state index >= 15 is 0 Å². The van der Waals surface area contributed by atoms with E-state index in [9.17, 15) is 9.59 Å². The van der Waals surface area contributed by atoms with Crippen LogP contribution in [0.2, 0.25) is 0 Å². The summed E-state index contributed by atoms with van der Waals surface area (Å²) in [5, 5.41) is 11.4. The van der Waals surface area contributed by atoms with Crippen LogP contribution in [0.1, 0.15) is 13.3 Å². The summed E-state index contributed by atoms with van der Waals surface area (Å²) in [5.74, 6) is -0.981. The van der Waals surface area contributed by atoms with Crippen LogP contribution in [0.4, 0.5) is 5.69 Å². The number of carbonyl (C=O) groups is 2. The summed E-state index contributed by atoms with van der Waals surface area (Å²) < 4.78 is 0. The molecular weight excluding hydrogens is 232 g/mol. The number of carboxylic acid groups (broad SMARTS) is 1. The molecule has 0 aromatic heterocycles. The van der Waals surface area contributed by atoms with Crippen LogP contribution < -0.4 is 5.32 Å². The molecule has 0 aliphatic carbocycles. The molecule has 0 fully saturated rings. The zero-order valence-electron chi connectivity index (χ0n) is 10.4. The first-order valence-corrected chi connectivity index (χ1v) is 5.91. The van der Waals surface area contributed by atoms with Crippen LogP contribution in [0.5, 0.6) is 0 Å². The maximum absolute atomic E-state index is 11.7. The lowest BCUT2D eigenvalue weighted by Gasteiger charge is -2.18. The Kier molecular flexibility index (Phi) is 5.87. The third-order valence-electron chi connectivity index (χ3n) is 2.51. The maximum Gasteiger partial charge on any atom is 0.304 e. The van der Waals surface area contributed by atoms with Crippen molar-refractivity contribution < 1.29 is 14.7 Å². The molecule has 0 saturated carbocycles. The normalized spacial score (nSPS) is 10.3. The molecule has 0 atom stereocenters. The van der Waals surface area contributed by atoms with Gasteiger partial charge in [-0.25, -0.2) is 0 Å². The van der Waals surface area contributed by atoms with Crippen LogP contribution in [0.25, 0.3) is 0 Å². The van der Waals surface area contributed by atoms with Crippen LogP contribution in [-0.2, 0) is 9.59 Å². The van der Waals surface area contributed by atoms with E-state index in [1.807, 2.05) is 37.3 Å². The number of nitrogens with zero attached hydrogens (tertiary/aromatic N) is 1. The van der Waals surface area contributed by atoms with Crippen molar-refractivity contribution in [1.82, 2.24) is 4.90 Å². The summed E-state index contributed by atoms with van der Waals surface area (Å²) in [6, 6.07) is 9.19. The molecule has 98 valence electrons. The summed E-state index contributed by atoms with van der Waals surface area (Å²) in [6.07, 6.45) is 0.0481. The highest BCUT2D eigenvalue weighted by Crippen LogP contribution is 2.04. The van der Waals surface area contributed by atoms with Gasteiger partial charge in [0.05, 0.1) is 13.0 Å². The number of carboxylic acids is 1. The van der Waals surface area contributed by atoms with Gasteiger partial charge in [0.15, 0.2) is 0 Å². The van der Waals surface area contributed by atoms with Crippen molar-refractivity contribution in [3.05, 3.63) is 30.3 Å². The minimum atomic E-state index is -0.850. The van der Waals surface area contributed by atoms with Crippen LogP contribution in [-0.4, -0.2) is 41.5 Å². The molecule has 0 aliphatic rings. The highest BCUT2D eigenvalue weighted by molar-refractivity contribution is 5.92. The highest BCUT2D eigenvalue weighted by atomic mass is 16.4. The standard InChI is InChI=1S/C13H18N2O3/c1-2-15(9-8-13(17)18)10-12(16)14-11-6-4-3-5-7-11/h3-7H,2,8-10H2,1H3,(H,14,16)(H,17,18). The molecule has 1 aromatic carbocycles. The van der Waals surface area contributed by atoms with Gasteiger partial charge in [-0.1, -0.05) is 25.1 Å². The van der Waals surface area contributed by atoms with Gasteiger partial charge in [-0.15, -0.1) is 0 Å². The SMILES string of the molecule is CCN(CCC(=O)O)CC(=O)Nc1ccccc1. The van der Waals surface area contributed by atoms with Crippen molar-refractivity contribution in [3.8, 4) is 0 Å². The Morgan fingerprint density at radius 1 is 1.28 bits per heavy atom. The second kappa shape index (κ2) is 7.45. The molecule has 1 rings (SSSR count). The third-order valence-corrected chi connectivity index (χ3v) is 2.51. The molecule has 1 aromatic rings. The van der Waals surface area contributed by atoms with Gasteiger partial charge in [0.1, 0.15) is 0 Å². The monoisotopic (exact) mass is 250 g/mol. The topological polar surface area (TPSA) is 69.6 Å². The fourth-order valence-corrected chi connectivity index (χ4v) is 1.53. The van der Waals surface area contributed by atoms with Crippen molar-refractivity contribution in [2.45, 2.75) is 13.3 Å². The first-order chi connectivity index (χ1) is 8.61. The third kappa shape index (κ3) is 5.45. The van der Waals surface area contributed by atoms with Crippen molar-refractivity contribution in [3.63, 3.8) is 0 Å².